The predicted octanol–water partition coefficient (Wildman–Crippen LogP) is 7.54. The number of carbonyl (C=O) groups excluding carboxylic acids is 1. The summed E-state index contributed by atoms with van der Waals surface area (Å²) in [4.78, 5) is 20.8. The minimum atomic E-state index is -0.212. The molecule has 0 spiro atoms. The number of nitrogens with zero attached hydrogens (tertiary/aromatic N) is 1. The van der Waals surface area contributed by atoms with Gasteiger partial charge in [-0.2, -0.15) is 0 Å². The van der Waals surface area contributed by atoms with Crippen LogP contribution in [0.1, 0.15) is 29.2 Å². The van der Waals surface area contributed by atoms with Crippen molar-refractivity contribution in [1.29, 1.82) is 0 Å². The monoisotopic (exact) mass is 529 g/mol. The molecule has 0 fully saturated rings. The Bertz CT molecular complexity index is 1500. The van der Waals surface area contributed by atoms with Crippen molar-refractivity contribution in [2.45, 2.75) is 18.8 Å². The van der Waals surface area contributed by atoms with E-state index in [1.165, 1.54) is 0 Å². The lowest BCUT2D eigenvalue weighted by atomic mass is 9.88. The number of carbonyl (C=O) groups is 1. The number of amides is 1. The molecule has 1 atom stereocenters. The summed E-state index contributed by atoms with van der Waals surface area (Å²) < 4.78 is 6.07. The first kappa shape index (κ1) is 24.9. The van der Waals surface area contributed by atoms with E-state index in [0.717, 1.165) is 27.7 Å². The Labute approximate surface area is 225 Å². The topological polar surface area (TPSA) is 67.0 Å². The third-order valence-electron chi connectivity index (χ3n) is 6.18. The summed E-state index contributed by atoms with van der Waals surface area (Å²) in [5, 5.41) is 5.33. The Balaban J connectivity index is 1.40. The zero-order chi connectivity index (χ0) is 25.6. The van der Waals surface area contributed by atoms with Crippen LogP contribution in [0.3, 0.4) is 0 Å². The second kappa shape index (κ2) is 11.5. The molecule has 3 aromatic carbocycles. The second-order valence-corrected chi connectivity index (χ2v) is 9.61. The van der Waals surface area contributed by atoms with Gasteiger partial charge in [-0.3, -0.25) is 9.78 Å². The van der Waals surface area contributed by atoms with E-state index in [1.54, 1.807) is 18.3 Å². The molecule has 0 aliphatic carbocycles. The maximum absolute atomic E-state index is 13.1. The zero-order valence-corrected chi connectivity index (χ0v) is 21.5. The van der Waals surface area contributed by atoms with Gasteiger partial charge in [0, 0.05) is 64.3 Å². The maximum atomic E-state index is 13.1. The van der Waals surface area contributed by atoms with Gasteiger partial charge in [-0.1, -0.05) is 41.4 Å². The molecule has 186 valence electrons. The summed E-state index contributed by atoms with van der Waals surface area (Å²) in [7, 11) is 0. The Morgan fingerprint density at radius 2 is 1.76 bits per heavy atom. The van der Waals surface area contributed by atoms with Gasteiger partial charge in [0.15, 0.2) is 0 Å². The van der Waals surface area contributed by atoms with Crippen LogP contribution in [0.2, 0.25) is 10.0 Å². The molecular weight excluding hydrogens is 505 g/mol. The summed E-state index contributed by atoms with van der Waals surface area (Å²) in [6.07, 6.45) is 4.66. The number of ether oxygens (including phenoxy) is 1. The van der Waals surface area contributed by atoms with Gasteiger partial charge in [0.1, 0.15) is 11.5 Å². The van der Waals surface area contributed by atoms with Gasteiger partial charge >= 0.3 is 0 Å². The van der Waals surface area contributed by atoms with Gasteiger partial charge in [0.05, 0.1) is 0 Å². The highest BCUT2D eigenvalue weighted by atomic mass is 35.5. The van der Waals surface area contributed by atoms with E-state index in [1.807, 2.05) is 79.0 Å². The Kier molecular flexibility index (Phi) is 7.73. The van der Waals surface area contributed by atoms with Crippen LogP contribution in [-0.4, -0.2) is 22.4 Å². The number of hydrogen-bond donors (Lipinski definition) is 2. The zero-order valence-electron chi connectivity index (χ0n) is 20.0. The molecule has 5 nitrogen and oxygen atoms in total. The van der Waals surface area contributed by atoms with Crippen molar-refractivity contribution in [3.63, 3.8) is 0 Å². The van der Waals surface area contributed by atoms with Crippen LogP contribution in [0, 0.1) is 0 Å². The van der Waals surface area contributed by atoms with E-state index in [0.29, 0.717) is 34.5 Å². The fourth-order valence-corrected chi connectivity index (χ4v) is 4.68. The van der Waals surface area contributed by atoms with Crippen molar-refractivity contribution in [2.24, 2.45) is 0 Å². The molecule has 0 aliphatic rings. The van der Waals surface area contributed by atoms with E-state index in [9.17, 15) is 4.79 Å². The van der Waals surface area contributed by atoms with Crippen LogP contribution >= 0.6 is 23.2 Å². The number of fused-ring (bicyclic) bond motifs is 1. The van der Waals surface area contributed by atoms with Crippen LogP contribution in [0.5, 0.6) is 11.5 Å². The summed E-state index contributed by atoms with van der Waals surface area (Å²) in [5.41, 5.74) is 3.87. The maximum Gasteiger partial charge on any atom is 0.220 e. The minimum absolute atomic E-state index is 0.0404. The molecule has 1 amide bonds. The summed E-state index contributed by atoms with van der Waals surface area (Å²) in [6, 6.07) is 26.6. The van der Waals surface area contributed by atoms with Crippen molar-refractivity contribution < 1.29 is 9.53 Å². The van der Waals surface area contributed by atoms with Crippen molar-refractivity contribution in [3.8, 4) is 11.5 Å². The number of nitrogens with one attached hydrogen (secondary N) is 2. The lowest BCUT2D eigenvalue weighted by Crippen LogP contribution is -2.27. The van der Waals surface area contributed by atoms with Crippen molar-refractivity contribution >= 4 is 40.0 Å². The third-order valence-corrected chi connectivity index (χ3v) is 6.67. The molecule has 0 aliphatic heterocycles. The second-order valence-electron chi connectivity index (χ2n) is 8.74. The molecule has 0 saturated heterocycles. The van der Waals surface area contributed by atoms with E-state index < -0.39 is 0 Å². The Morgan fingerprint density at radius 1 is 0.919 bits per heavy atom. The third kappa shape index (κ3) is 6.31. The molecule has 5 aromatic rings. The average molecular weight is 530 g/mol. The number of rotatable bonds is 9. The number of hydrogen-bond acceptors (Lipinski definition) is 3. The van der Waals surface area contributed by atoms with E-state index in [-0.39, 0.29) is 18.2 Å². The number of pyridine rings is 1. The number of benzene rings is 3. The molecule has 2 aromatic heterocycles. The Hall–Kier alpha value is -3.80. The van der Waals surface area contributed by atoms with Gasteiger partial charge in [0.25, 0.3) is 0 Å². The van der Waals surface area contributed by atoms with Crippen molar-refractivity contribution in [2.75, 3.05) is 6.54 Å². The first-order chi connectivity index (χ1) is 18.0. The largest absolute Gasteiger partial charge is 0.457 e. The van der Waals surface area contributed by atoms with E-state index in [2.05, 4.69) is 15.3 Å². The van der Waals surface area contributed by atoms with Crippen molar-refractivity contribution in [3.05, 3.63) is 124 Å². The predicted molar refractivity (Wildman–Crippen MR) is 149 cm³/mol. The molecule has 0 bridgehead atoms. The van der Waals surface area contributed by atoms with Gasteiger partial charge in [-0.15, -0.1) is 0 Å². The lowest BCUT2D eigenvalue weighted by Gasteiger charge is -2.18. The molecule has 37 heavy (non-hydrogen) atoms. The molecule has 0 radical (unpaired) electrons. The van der Waals surface area contributed by atoms with E-state index in [4.69, 9.17) is 27.9 Å². The van der Waals surface area contributed by atoms with Crippen LogP contribution in [0.15, 0.2) is 97.3 Å². The summed E-state index contributed by atoms with van der Waals surface area (Å²) >= 11 is 12.3. The minimum Gasteiger partial charge on any atom is -0.457 e. The first-order valence-electron chi connectivity index (χ1n) is 12.0. The molecule has 7 heteroatoms. The quantitative estimate of drug-likeness (QED) is 0.207. The van der Waals surface area contributed by atoms with Crippen LogP contribution in [0.4, 0.5) is 0 Å². The number of aromatic amines is 1. The highest BCUT2D eigenvalue weighted by Gasteiger charge is 2.22. The van der Waals surface area contributed by atoms with Crippen LogP contribution < -0.4 is 10.1 Å². The number of halogens is 2. The van der Waals surface area contributed by atoms with E-state index >= 15 is 0 Å². The van der Waals surface area contributed by atoms with Crippen molar-refractivity contribution in [1.82, 2.24) is 15.3 Å². The van der Waals surface area contributed by atoms with Gasteiger partial charge < -0.3 is 15.0 Å². The Morgan fingerprint density at radius 3 is 2.57 bits per heavy atom. The fraction of sp³-hybridized carbons (Fsp3) is 0.133. The molecule has 2 heterocycles. The molecule has 2 N–H and O–H groups in total. The molecule has 0 saturated carbocycles. The lowest BCUT2D eigenvalue weighted by molar-refractivity contribution is -0.121. The van der Waals surface area contributed by atoms with Gasteiger partial charge in [-0.25, -0.2) is 0 Å². The highest BCUT2D eigenvalue weighted by Crippen LogP contribution is 2.36. The first-order valence-corrected chi connectivity index (χ1v) is 12.8. The van der Waals surface area contributed by atoms with Crippen LogP contribution in [-0.2, 0) is 11.2 Å². The number of aromatic nitrogens is 2. The standard InChI is InChI=1S/C30H25Cl2N3O2/c31-21-7-10-24(11-8-21)37-25-6-3-4-20(16-25)26(28-19-35-29-12-9-22(32)17-27(28)29)18-30(36)34-15-13-23-5-1-2-14-33-23/h1-12,14,16-17,19,26,35H,13,15,18H2,(H,34,36). The molecular formula is C30H25Cl2N3O2. The van der Waals surface area contributed by atoms with Gasteiger partial charge in [0.2, 0.25) is 5.91 Å². The molecule has 1 unspecified atom stereocenters. The normalized spacial score (nSPS) is 11.8. The smallest absolute Gasteiger partial charge is 0.220 e. The SMILES string of the molecule is O=C(CC(c1cccc(Oc2ccc(Cl)cc2)c1)c1c[nH]c2ccc(Cl)cc12)NCCc1ccccn1. The highest BCUT2D eigenvalue weighted by molar-refractivity contribution is 6.31. The van der Waals surface area contributed by atoms with Crippen LogP contribution in [0.25, 0.3) is 10.9 Å². The fourth-order valence-electron chi connectivity index (χ4n) is 4.38. The summed E-state index contributed by atoms with van der Waals surface area (Å²) in [5.74, 6) is 1.11. The van der Waals surface area contributed by atoms with Gasteiger partial charge in [-0.05, 0) is 77.9 Å². The average Bonchev–Trinajstić information content (AvgIpc) is 3.32. The summed E-state index contributed by atoms with van der Waals surface area (Å²) in [6.45, 7) is 0.516. The number of H-pyrrole nitrogens is 1. The molecule has 5 rings (SSSR count).